The topological polar surface area (TPSA) is 115 Å². The molecule has 0 heterocycles. The standard InChI is InChI=1S/C25H22ClN3O6/c1-3-34-22-14-16(4-13-21(22)35-25(32)17-5-11-20(33-2)12-6-17)15-27-29-24(31)23(30)28-19-9-7-18(26)8-10-19/h4-15H,3H2,1-2H3,(H,28,30)(H,29,31). The number of amides is 2. The number of esters is 1. The summed E-state index contributed by atoms with van der Waals surface area (Å²) in [5, 5.41) is 6.73. The molecule has 2 N–H and O–H groups in total. The van der Waals surface area contributed by atoms with E-state index in [2.05, 4.69) is 15.8 Å². The second kappa shape index (κ2) is 12.2. The van der Waals surface area contributed by atoms with Gasteiger partial charge in [-0.15, -0.1) is 0 Å². The van der Waals surface area contributed by atoms with Gasteiger partial charge in [-0.3, -0.25) is 9.59 Å². The summed E-state index contributed by atoms with van der Waals surface area (Å²) < 4.78 is 16.1. The summed E-state index contributed by atoms with van der Waals surface area (Å²) in [5.74, 6) is -1.25. The zero-order valence-electron chi connectivity index (χ0n) is 18.9. The van der Waals surface area contributed by atoms with Gasteiger partial charge in [0.2, 0.25) is 0 Å². The van der Waals surface area contributed by atoms with Crippen molar-refractivity contribution >= 4 is 41.3 Å². The maximum atomic E-state index is 12.5. The Labute approximate surface area is 206 Å². The maximum absolute atomic E-state index is 12.5. The van der Waals surface area contributed by atoms with Gasteiger partial charge in [0.05, 0.1) is 25.5 Å². The van der Waals surface area contributed by atoms with Crippen LogP contribution in [0.15, 0.2) is 71.8 Å². The fourth-order valence-corrected chi connectivity index (χ4v) is 2.91. The molecule has 0 aliphatic carbocycles. The van der Waals surface area contributed by atoms with Crippen molar-refractivity contribution in [1.82, 2.24) is 5.43 Å². The summed E-state index contributed by atoms with van der Waals surface area (Å²) in [6.07, 6.45) is 1.32. The first-order valence-electron chi connectivity index (χ1n) is 10.4. The molecular formula is C25H22ClN3O6. The average Bonchev–Trinajstić information content (AvgIpc) is 2.87. The Morgan fingerprint density at radius 1 is 0.943 bits per heavy atom. The number of nitrogens with one attached hydrogen (secondary N) is 2. The molecule has 3 aromatic rings. The molecule has 0 aliphatic rings. The monoisotopic (exact) mass is 495 g/mol. The normalized spacial score (nSPS) is 10.5. The Morgan fingerprint density at radius 3 is 2.31 bits per heavy atom. The molecule has 3 aromatic carbocycles. The summed E-state index contributed by atoms with van der Waals surface area (Å²) in [7, 11) is 1.54. The average molecular weight is 496 g/mol. The number of carbonyl (C=O) groups is 3. The van der Waals surface area contributed by atoms with E-state index >= 15 is 0 Å². The van der Waals surface area contributed by atoms with Crippen LogP contribution in [0.4, 0.5) is 5.69 Å². The fraction of sp³-hybridized carbons (Fsp3) is 0.120. The lowest BCUT2D eigenvalue weighted by molar-refractivity contribution is -0.136. The van der Waals surface area contributed by atoms with Gasteiger partial charge >= 0.3 is 17.8 Å². The number of rotatable bonds is 8. The van der Waals surface area contributed by atoms with Crippen molar-refractivity contribution in [3.05, 3.63) is 82.9 Å². The van der Waals surface area contributed by atoms with Crippen LogP contribution in [-0.2, 0) is 9.59 Å². The van der Waals surface area contributed by atoms with E-state index in [9.17, 15) is 14.4 Å². The van der Waals surface area contributed by atoms with Crippen molar-refractivity contribution in [2.45, 2.75) is 6.92 Å². The number of methoxy groups -OCH3 is 1. The van der Waals surface area contributed by atoms with Crippen LogP contribution in [0.1, 0.15) is 22.8 Å². The van der Waals surface area contributed by atoms with Gasteiger partial charge in [0.15, 0.2) is 11.5 Å². The van der Waals surface area contributed by atoms with Crippen LogP contribution >= 0.6 is 11.6 Å². The number of benzene rings is 3. The minimum absolute atomic E-state index is 0.219. The molecular weight excluding hydrogens is 474 g/mol. The highest BCUT2D eigenvalue weighted by molar-refractivity contribution is 6.39. The fourth-order valence-electron chi connectivity index (χ4n) is 2.78. The first-order chi connectivity index (χ1) is 16.9. The first kappa shape index (κ1) is 25.3. The van der Waals surface area contributed by atoms with Gasteiger partial charge in [0.25, 0.3) is 0 Å². The van der Waals surface area contributed by atoms with Gasteiger partial charge in [0, 0.05) is 10.7 Å². The predicted molar refractivity (Wildman–Crippen MR) is 131 cm³/mol. The summed E-state index contributed by atoms with van der Waals surface area (Å²) in [4.78, 5) is 36.4. The molecule has 0 fully saturated rings. The second-order valence-corrected chi connectivity index (χ2v) is 7.35. The Morgan fingerprint density at radius 2 is 1.66 bits per heavy atom. The highest BCUT2D eigenvalue weighted by Gasteiger charge is 2.15. The molecule has 180 valence electrons. The number of hydrogen-bond acceptors (Lipinski definition) is 7. The molecule has 0 aliphatic heterocycles. The van der Waals surface area contributed by atoms with Gasteiger partial charge in [0.1, 0.15) is 5.75 Å². The molecule has 9 nitrogen and oxygen atoms in total. The van der Waals surface area contributed by atoms with Crippen molar-refractivity contribution in [3.8, 4) is 17.2 Å². The van der Waals surface area contributed by atoms with Crippen LogP contribution in [0.25, 0.3) is 0 Å². The van der Waals surface area contributed by atoms with E-state index in [4.69, 9.17) is 25.8 Å². The van der Waals surface area contributed by atoms with Crippen molar-refractivity contribution < 1.29 is 28.6 Å². The molecule has 0 atom stereocenters. The van der Waals surface area contributed by atoms with Gasteiger partial charge < -0.3 is 19.5 Å². The highest BCUT2D eigenvalue weighted by Crippen LogP contribution is 2.29. The Hall–Kier alpha value is -4.37. The third-order valence-corrected chi connectivity index (χ3v) is 4.74. The molecule has 2 amide bonds. The second-order valence-electron chi connectivity index (χ2n) is 6.92. The molecule has 0 saturated heterocycles. The van der Waals surface area contributed by atoms with Gasteiger partial charge in [-0.05, 0) is 79.2 Å². The van der Waals surface area contributed by atoms with E-state index in [0.717, 1.165) is 0 Å². The first-order valence-corrected chi connectivity index (χ1v) is 10.8. The number of carbonyl (C=O) groups excluding carboxylic acids is 3. The Kier molecular flexibility index (Phi) is 8.80. The number of ether oxygens (including phenoxy) is 3. The summed E-state index contributed by atoms with van der Waals surface area (Å²) in [5.41, 5.74) is 3.45. The van der Waals surface area contributed by atoms with Gasteiger partial charge in [-0.25, -0.2) is 10.2 Å². The SMILES string of the molecule is CCOc1cc(C=NNC(=O)C(=O)Nc2ccc(Cl)cc2)ccc1OC(=O)c1ccc(OC)cc1. The van der Waals surface area contributed by atoms with Crippen LogP contribution in [-0.4, -0.2) is 37.7 Å². The summed E-state index contributed by atoms with van der Waals surface area (Å²) in [6.45, 7) is 2.12. The highest BCUT2D eigenvalue weighted by atomic mass is 35.5. The summed E-state index contributed by atoms with van der Waals surface area (Å²) in [6, 6.07) is 17.5. The molecule has 10 heteroatoms. The van der Waals surface area contributed by atoms with Crippen molar-refractivity contribution in [2.24, 2.45) is 5.10 Å². The van der Waals surface area contributed by atoms with Crippen LogP contribution in [0.2, 0.25) is 5.02 Å². The number of hydrogen-bond donors (Lipinski definition) is 2. The number of nitrogens with zero attached hydrogens (tertiary/aromatic N) is 1. The third-order valence-electron chi connectivity index (χ3n) is 4.48. The van der Waals surface area contributed by atoms with Crippen LogP contribution in [0.5, 0.6) is 17.2 Å². The molecule has 0 spiro atoms. The molecule has 0 bridgehead atoms. The lowest BCUT2D eigenvalue weighted by atomic mass is 10.2. The molecule has 35 heavy (non-hydrogen) atoms. The smallest absolute Gasteiger partial charge is 0.343 e. The van der Waals surface area contributed by atoms with Crippen molar-refractivity contribution in [1.29, 1.82) is 0 Å². The van der Waals surface area contributed by atoms with Crippen LogP contribution in [0.3, 0.4) is 0 Å². The zero-order valence-corrected chi connectivity index (χ0v) is 19.7. The molecule has 0 radical (unpaired) electrons. The van der Waals surface area contributed by atoms with E-state index in [1.165, 1.54) is 13.3 Å². The quantitative estimate of drug-likeness (QED) is 0.160. The lowest BCUT2D eigenvalue weighted by Gasteiger charge is -2.11. The minimum atomic E-state index is -0.953. The molecule has 0 saturated carbocycles. The van der Waals surface area contributed by atoms with Gasteiger partial charge in [-0.2, -0.15) is 5.10 Å². The van der Waals surface area contributed by atoms with E-state index in [1.54, 1.807) is 73.7 Å². The van der Waals surface area contributed by atoms with Crippen molar-refractivity contribution in [2.75, 3.05) is 19.0 Å². The van der Waals surface area contributed by atoms with Crippen LogP contribution < -0.4 is 25.0 Å². The van der Waals surface area contributed by atoms with E-state index in [-0.39, 0.29) is 5.75 Å². The summed E-state index contributed by atoms with van der Waals surface area (Å²) >= 11 is 5.79. The zero-order chi connectivity index (χ0) is 25.2. The predicted octanol–water partition coefficient (Wildman–Crippen LogP) is 4.06. The van der Waals surface area contributed by atoms with E-state index in [1.807, 2.05) is 0 Å². The molecule has 0 unspecified atom stereocenters. The van der Waals surface area contributed by atoms with E-state index in [0.29, 0.717) is 39.9 Å². The Balaban J connectivity index is 1.62. The third kappa shape index (κ3) is 7.31. The molecule has 0 aromatic heterocycles. The maximum Gasteiger partial charge on any atom is 0.343 e. The minimum Gasteiger partial charge on any atom is -0.497 e. The van der Waals surface area contributed by atoms with Crippen molar-refractivity contribution in [3.63, 3.8) is 0 Å². The van der Waals surface area contributed by atoms with Gasteiger partial charge in [-0.1, -0.05) is 11.6 Å². The largest absolute Gasteiger partial charge is 0.497 e. The Bertz CT molecular complexity index is 1230. The van der Waals surface area contributed by atoms with E-state index < -0.39 is 17.8 Å². The lowest BCUT2D eigenvalue weighted by Crippen LogP contribution is -2.32. The number of hydrazone groups is 1. The number of anilines is 1. The number of halogens is 1. The van der Waals surface area contributed by atoms with Crippen LogP contribution in [0, 0.1) is 0 Å². The molecule has 3 rings (SSSR count).